The lowest BCUT2D eigenvalue weighted by Gasteiger charge is -2.26. The molecule has 5 heteroatoms. The molecular formula is C11H22N2O3. The van der Waals surface area contributed by atoms with E-state index >= 15 is 0 Å². The summed E-state index contributed by atoms with van der Waals surface area (Å²) in [5, 5.41) is 13.3. The molecule has 16 heavy (non-hydrogen) atoms. The number of amides is 1. The van der Waals surface area contributed by atoms with Crippen LogP contribution in [0.1, 0.15) is 19.8 Å². The van der Waals surface area contributed by atoms with Crippen LogP contribution in [0.15, 0.2) is 0 Å². The maximum absolute atomic E-state index is 11.3. The van der Waals surface area contributed by atoms with E-state index in [2.05, 4.69) is 5.32 Å². The third-order valence-corrected chi connectivity index (χ3v) is 3.11. The molecule has 1 fully saturated rings. The summed E-state index contributed by atoms with van der Waals surface area (Å²) in [5.74, 6) is 0.0928. The first-order chi connectivity index (χ1) is 7.46. The van der Waals surface area contributed by atoms with Crippen molar-refractivity contribution in [2.45, 2.75) is 31.5 Å². The highest BCUT2D eigenvalue weighted by atomic mass is 16.5. The molecule has 2 unspecified atom stereocenters. The van der Waals surface area contributed by atoms with E-state index in [1.807, 2.05) is 6.92 Å². The van der Waals surface area contributed by atoms with E-state index in [-0.39, 0.29) is 12.0 Å². The molecule has 2 N–H and O–H groups in total. The Hall–Kier alpha value is -0.650. The third-order valence-electron chi connectivity index (χ3n) is 3.11. The van der Waals surface area contributed by atoms with Gasteiger partial charge in [0.25, 0.3) is 0 Å². The van der Waals surface area contributed by atoms with Gasteiger partial charge in [0.1, 0.15) is 5.60 Å². The number of rotatable bonds is 5. The Kier molecular flexibility index (Phi) is 4.70. The molecule has 1 saturated heterocycles. The van der Waals surface area contributed by atoms with Gasteiger partial charge >= 0.3 is 0 Å². The molecule has 0 spiro atoms. The van der Waals surface area contributed by atoms with Crippen molar-refractivity contribution >= 4 is 5.91 Å². The quantitative estimate of drug-likeness (QED) is 0.631. The predicted molar refractivity (Wildman–Crippen MR) is 61.2 cm³/mol. The van der Waals surface area contributed by atoms with E-state index in [0.717, 1.165) is 0 Å². The molecule has 1 aliphatic heterocycles. The topological polar surface area (TPSA) is 61.8 Å². The summed E-state index contributed by atoms with van der Waals surface area (Å²) in [4.78, 5) is 12.8. The van der Waals surface area contributed by atoms with Gasteiger partial charge in [-0.3, -0.25) is 4.79 Å². The van der Waals surface area contributed by atoms with Gasteiger partial charge in [0.05, 0.1) is 6.10 Å². The smallest absolute Gasteiger partial charge is 0.223 e. The molecule has 1 heterocycles. The number of hydrogen-bond acceptors (Lipinski definition) is 4. The fourth-order valence-corrected chi connectivity index (χ4v) is 1.73. The number of ether oxygens (including phenoxy) is 1. The summed E-state index contributed by atoms with van der Waals surface area (Å²) >= 11 is 0. The predicted octanol–water partition coefficient (Wildman–Crippen LogP) is -0.406. The number of carbonyl (C=O) groups is 1. The van der Waals surface area contributed by atoms with Gasteiger partial charge in [0.2, 0.25) is 5.91 Å². The number of aliphatic hydroxyl groups is 1. The van der Waals surface area contributed by atoms with Crippen molar-refractivity contribution in [2.24, 2.45) is 0 Å². The molecule has 5 nitrogen and oxygen atoms in total. The monoisotopic (exact) mass is 230 g/mol. The molecular weight excluding hydrogens is 208 g/mol. The maximum atomic E-state index is 11.3. The minimum atomic E-state index is -0.777. The molecule has 0 aromatic carbocycles. The van der Waals surface area contributed by atoms with Gasteiger partial charge in [0, 0.05) is 46.6 Å². The molecule has 0 bridgehead atoms. The summed E-state index contributed by atoms with van der Waals surface area (Å²) in [6.45, 7) is 3.55. The van der Waals surface area contributed by atoms with Crippen molar-refractivity contribution in [1.82, 2.24) is 10.2 Å². The Labute approximate surface area is 96.8 Å². The largest absolute Gasteiger partial charge is 0.386 e. The number of nitrogens with zero attached hydrogens (tertiary/aromatic N) is 1. The van der Waals surface area contributed by atoms with Crippen molar-refractivity contribution in [3.8, 4) is 0 Å². The lowest BCUT2D eigenvalue weighted by Crippen LogP contribution is -2.46. The van der Waals surface area contributed by atoms with Gasteiger partial charge in [-0.15, -0.1) is 0 Å². The van der Waals surface area contributed by atoms with Crippen LogP contribution in [0.4, 0.5) is 0 Å². The zero-order valence-electron chi connectivity index (χ0n) is 10.3. The van der Waals surface area contributed by atoms with Crippen LogP contribution in [0.25, 0.3) is 0 Å². The molecule has 1 aliphatic rings. The van der Waals surface area contributed by atoms with E-state index in [0.29, 0.717) is 32.5 Å². The molecule has 94 valence electrons. The summed E-state index contributed by atoms with van der Waals surface area (Å²) in [6, 6.07) is 0. The van der Waals surface area contributed by atoms with Crippen LogP contribution < -0.4 is 5.32 Å². The lowest BCUT2D eigenvalue weighted by molar-refractivity contribution is -0.128. The van der Waals surface area contributed by atoms with E-state index in [4.69, 9.17) is 4.74 Å². The number of carbonyl (C=O) groups excluding carboxylic acids is 1. The Morgan fingerprint density at radius 3 is 2.81 bits per heavy atom. The second-order valence-corrected chi connectivity index (χ2v) is 4.58. The molecule has 0 aromatic heterocycles. The third kappa shape index (κ3) is 3.43. The molecule has 1 rings (SSSR count). The zero-order valence-corrected chi connectivity index (χ0v) is 10.3. The van der Waals surface area contributed by atoms with E-state index in [9.17, 15) is 9.90 Å². The Morgan fingerprint density at radius 2 is 2.31 bits per heavy atom. The van der Waals surface area contributed by atoms with Crippen molar-refractivity contribution in [3.63, 3.8) is 0 Å². The summed E-state index contributed by atoms with van der Waals surface area (Å²) < 4.78 is 5.32. The van der Waals surface area contributed by atoms with Gasteiger partial charge in [-0.05, 0) is 6.92 Å². The van der Waals surface area contributed by atoms with Crippen molar-refractivity contribution < 1.29 is 14.6 Å². The highest BCUT2D eigenvalue weighted by Crippen LogP contribution is 2.24. The maximum Gasteiger partial charge on any atom is 0.223 e. The molecule has 0 saturated carbocycles. The summed E-state index contributed by atoms with van der Waals surface area (Å²) in [6.07, 6.45) is 0.978. The lowest BCUT2D eigenvalue weighted by atomic mass is 9.97. The fraction of sp³-hybridized carbons (Fsp3) is 0.909. The average molecular weight is 230 g/mol. The SMILES string of the molecule is CC1OCCC1(O)CNCCC(=O)N(C)C. The number of hydrogen-bond donors (Lipinski definition) is 2. The average Bonchev–Trinajstić information content (AvgIpc) is 2.54. The highest BCUT2D eigenvalue weighted by Gasteiger charge is 2.38. The Morgan fingerprint density at radius 1 is 1.62 bits per heavy atom. The molecule has 0 aliphatic carbocycles. The normalized spacial score (nSPS) is 29.4. The van der Waals surface area contributed by atoms with Gasteiger partial charge in [-0.25, -0.2) is 0 Å². The first-order valence-electron chi connectivity index (χ1n) is 5.70. The van der Waals surface area contributed by atoms with Gasteiger partial charge in [0.15, 0.2) is 0 Å². The fourth-order valence-electron chi connectivity index (χ4n) is 1.73. The van der Waals surface area contributed by atoms with E-state index < -0.39 is 5.60 Å². The van der Waals surface area contributed by atoms with E-state index in [1.165, 1.54) is 0 Å². The van der Waals surface area contributed by atoms with Crippen LogP contribution in [-0.4, -0.2) is 61.4 Å². The van der Waals surface area contributed by atoms with Crippen LogP contribution in [-0.2, 0) is 9.53 Å². The van der Waals surface area contributed by atoms with Crippen LogP contribution in [0.5, 0.6) is 0 Å². The Bertz CT molecular complexity index is 245. The van der Waals surface area contributed by atoms with Crippen molar-refractivity contribution in [1.29, 1.82) is 0 Å². The zero-order chi connectivity index (χ0) is 12.2. The minimum absolute atomic E-state index is 0.0928. The first-order valence-corrected chi connectivity index (χ1v) is 5.70. The highest BCUT2D eigenvalue weighted by molar-refractivity contribution is 5.75. The minimum Gasteiger partial charge on any atom is -0.386 e. The van der Waals surface area contributed by atoms with Crippen LogP contribution >= 0.6 is 0 Å². The molecule has 1 amide bonds. The second kappa shape index (κ2) is 5.61. The second-order valence-electron chi connectivity index (χ2n) is 4.58. The number of nitrogens with one attached hydrogen (secondary N) is 1. The van der Waals surface area contributed by atoms with Crippen LogP contribution in [0.3, 0.4) is 0 Å². The van der Waals surface area contributed by atoms with Gasteiger partial charge in [-0.2, -0.15) is 0 Å². The Balaban J connectivity index is 2.18. The summed E-state index contributed by atoms with van der Waals surface area (Å²) in [7, 11) is 3.48. The van der Waals surface area contributed by atoms with Crippen LogP contribution in [0.2, 0.25) is 0 Å². The summed E-state index contributed by atoms with van der Waals surface area (Å²) in [5.41, 5.74) is -0.777. The standard InChI is InChI=1S/C11H22N2O3/c1-9-11(15,5-7-16-9)8-12-6-4-10(14)13(2)3/h9,12,15H,4-8H2,1-3H3. The van der Waals surface area contributed by atoms with E-state index in [1.54, 1.807) is 19.0 Å². The molecule has 0 radical (unpaired) electrons. The van der Waals surface area contributed by atoms with Gasteiger partial charge in [-0.1, -0.05) is 0 Å². The molecule has 0 aromatic rings. The first kappa shape index (κ1) is 13.4. The van der Waals surface area contributed by atoms with Gasteiger partial charge < -0.3 is 20.1 Å². The molecule has 2 atom stereocenters. The van der Waals surface area contributed by atoms with Crippen molar-refractivity contribution in [3.05, 3.63) is 0 Å². The van der Waals surface area contributed by atoms with Crippen molar-refractivity contribution in [2.75, 3.05) is 33.8 Å². The van der Waals surface area contributed by atoms with Crippen LogP contribution in [0, 0.1) is 0 Å².